The smallest absolute Gasteiger partial charge is 0.242 e. The first-order valence-corrected chi connectivity index (χ1v) is 11.4. The van der Waals surface area contributed by atoms with Gasteiger partial charge in [-0.3, -0.25) is 9.59 Å². The highest BCUT2D eigenvalue weighted by molar-refractivity contribution is 7.99. The zero-order valence-corrected chi connectivity index (χ0v) is 18.6. The molecule has 0 saturated carbocycles. The first kappa shape index (κ1) is 23.3. The van der Waals surface area contributed by atoms with Crippen molar-refractivity contribution in [1.82, 2.24) is 10.2 Å². The largest absolute Gasteiger partial charge is 0.354 e. The molecule has 1 atom stereocenters. The lowest BCUT2D eigenvalue weighted by Gasteiger charge is -2.30. The van der Waals surface area contributed by atoms with Gasteiger partial charge in [0.05, 0.1) is 0 Å². The summed E-state index contributed by atoms with van der Waals surface area (Å²) in [4.78, 5) is 28.6. The summed E-state index contributed by atoms with van der Waals surface area (Å²) in [5.41, 5.74) is 1.02. The molecule has 2 aromatic carbocycles. The predicted octanol–water partition coefficient (Wildman–Crippen LogP) is 5.16. The fourth-order valence-corrected chi connectivity index (χ4v) is 3.96. The van der Waals surface area contributed by atoms with Gasteiger partial charge in [0.1, 0.15) is 6.04 Å². The van der Waals surface area contributed by atoms with Crippen molar-refractivity contribution in [3.05, 3.63) is 65.2 Å². The Hall–Kier alpha value is -1.98. The molecule has 4 nitrogen and oxygen atoms in total. The predicted molar refractivity (Wildman–Crippen MR) is 121 cm³/mol. The average Bonchev–Trinajstić information content (AvgIpc) is 2.74. The van der Waals surface area contributed by atoms with E-state index in [1.54, 1.807) is 16.7 Å². The number of amides is 2. The molecule has 6 heteroatoms. The van der Waals surface area contributed by atoms with Gasteiger partial charge in [0.2, 0.25) is 11.8 Å². The molecule has 0 radical (unpaired) electrons. The van der Waals surface area contributed by atoms with E-state index in [2.05, 4.69) is 5.32 Å². The molecule has 0 aliphatic carbocycles. The van der Waals surface area contributed by atoms with Gasteiger partial charge in [0, 0.05) is 35.2 Å². The summed E-state index contributed by atoms with van der Waals surface area (Å²) < 4.78 is 0. The van der Waals surface area contributed by atoms with Crippen LogP contribution in [0.4, 0.5) is 0 Å². The number of carbonyl (C=O) groups excluding carboxylic acids is 2. The van der Waals surface area contributed by atoms with Gasteiger partial charge in [-0.2, -0.15) is 0 Å². The monoisotopic (exact) mass is 432 g/mol. The molecule has 0 aromatic heterocycles. The van der Waals surface area contributed by atoms with Gasteiger partial charge in [0.15, 0.2) is 0 Å². The van der Waals surface area contributed by atoms with E-state index in [1.807, 2.05) is 68.4 Å². The Balaban J connectivity index is 2.06. The van der Waals surface area contributed by atoms with Crippen LogP contribution in [0.5, 0.6) is 0 Å². The van der Waals surface area contributed by atoms with Crippen LogP contribution in [-0.2, 0) is 16.1 Å². The molecule has 2 aromatic rings. The molecule has 0 bridgehead atoms. The lowest BCUT2D eigenvalue weighted by Crippen LogP contribution is -2.49. The van der Waals surface area contributed by atoms with Crippen molar-refractivity contribution in [2.24, 2.45) is 0 Å². The van der Waals surface area contributed by atoms with E-state index < -0.39 is 6.04 Å². The van der Waals surface area contributed by atoms with Gasteiger partial charge in [-0.25, -0.2) is 0 Å². The van der Waals surface area contributed by atoms with E-state index in [0.29, 0.717) is 36.7 Å². The SMILES string of the molecule is CCCNC(=O)C(CC)N(Cc1ccccc1)C(=O)CCSc1ccc(Cl)cc1. The maximum atomic E-state index is 13.1. The number of nitrogens with zero attached hydrogens (tertiary/aromatic N) is 1. The minimum absolute atomic E-state index is 0.00573. The van der Waals surface area contributed by atoms with Crippen molar-refractivity contribution in [2.45, 2.75) is 50.6 Å². The second-order valence-electron chi connectivity index (χ2n) is 6.77. The summed E-state index contributed by atoms with van der Waals surface area (Å²) in [5, 5.41) is 3.64. The first-order valence-electron chi connectivity index (χ1n) is 10.0. The second-order valence-corrected chi connectivity index (χ2v) is 8.38. The van der Waals surface area contributed by atoms with Crippen LogP contribution in [0.2, 0.25) is 5.02 Å². The van der Waals surface area contributed by atoms with Gasteiger partial charge in [-0.05, 0) is 42.7 Å². The van der Waals surface area contributed by atoms with Crippen LogP contribution in [0, 0.1) is 0 Å². The van der Waals surface area contributed by atoms with Crippen molar-refractivity contribution >= 4 is 35.2 Å². The fraction of sp³-hybridized carbons (Fsp3) is 0.391. The van der Waals surface area contributed by atoms with Gasteiger partial charge in [-0.1, -0.05) is 55.8 Å². The van der Waals surface area contributed by atoms with E-state index >= 15 is 0 Å². The number of hydrogen-bond acceptors (Lipinski definition) is 3. The zero-order chi connectivity index (χ0) is 21.1. The molecule has 0 saturated heterocycles. The summed E-state index contributed by atoms with van der Waals surface area (Å²) in [6.45, 7) is 5.02. The third-order valence-corrected chi connectivity index (χ3v) is 5.79. The summed E-state index contributed by atoms with van der Waals surface area (Å²) in [6.07, 6.45) is 1.82. The Morgan fingerprint density at radius 2 is 1.76 bits per heavy atom. The van der Waals surface area contributed by atoms with Crippen molar-refractivity contribution in [1.29, 1.82) is 0 Å². The number of hydrogen-bond donors (Lipinski definition) is 1. The molecule has 29 heavy (non-hydrogen) atoms. The summed E-state index contributed by atoms with van der Waals surface area (Å²) in [7, 11) is 0. The molecule has 0 fully saturated rings. The molecule has 1 unspecified atom stereocenters. The lowest BCUT2D eigenvalue weighted by atomic mass is 10.1. The third-order valence-electron chi connectivity index (χ3n) is 4.53. The Morgan fingerprint density at radius 3 is 2.38 bits per heavy atom. The van der Waals surface area contributed by atoms with Crippen LogP contribution in [0.25, 0.3) is 0 Å². The van der Waals surface area contributed by atoms with E-state index in [-0.39, 0.29) is 11.8 Å². The van der Waals surface area contributed by atoms with Crippen LogP contribution in [0.1, 0.15) is 38.7 Å². The van der Waals surface area contributed by atoms with Crippen molar-refractivity contribution < 1.29 is 9.59 Å². The molecule has 0 heterocycles. The second kappa shape index (κ2) is 12.6. The summed E-state index contributed by atoms with van der Waals surface area (Å²) >= 11 is 7.54. The molecule has 2 amide bonds. The van der Waals surface area contributed by atoms with E-state index in [4.69, 9.17) is 11.6 Å². The first-order chi connectivity index (χ1) is 14.0. The third kappa shape index (κ3) is 7.75. The Morgan fingerprint density at radius 1 is 1.07 bits per heavy atom. The molecule has 0 aliphatic rings. The standard InChI is InChI=1S/C23H29ClN2O2S/c1-3-15-25-23(28)21(4-2)26(17-18-8-6-5-7-9-18)22(27)14-16-29-20-12-10-19(24)11-13-20/h5-13,21H,3-4,14-17H2,1-2H3,(H,25,28). The zero-order valence-electron chi connectivity index (χ0n) is 17.1. The number of nitrogens with one attached hydrogen (secondary N) is 1. The highest BCUT2D eigenvalue weighted by Crippen LogP contribution is 2.22. The van der Waals surface area contributed by atoms with Gasteiger partial charge in [0.25, 0.3) is 0 Å². The average molecular weight is 433 g/mol. The molecule has 1 N–H and O–H groups in total. The normalized spacial score (nSPS) is 11.7. The number of rotatable bonds is 11. The van der Waals surface area contributed by atoms with Crippen LogP contribution < -0.4 is 5.32 Å². The number of carbonyl (C=O) groups is 2. The van der Waals surface area contributed by atoms with Crippen LogP contribution in [0.3, 0.4) is 0 Å². The molecule has 2 rings (SSSR count). The molecule has 0 spiro atoms. The Bertz CT molecular complexity index is 768. The maximum Gasteiger partial charge on any atom is 0.242 e. The molecule has 156 valence electrons. The van der Waals surface area contributed by atoms with Gasteiger partial charge >= 0.3 is 0 Å². The summed E-state index contributed by atoms with van der Waals surface area (Å²) in [6, 6.07) is 17.0. The quantitative estimate of drug-likeness (QED) is 0.499. The highest BCUT2D eigenvalue weighted by atomic mass is 35.5. The van der Waals surface area contributed by atoms with E-state index in [0.717, 1.165) is 16.9 Å². The highest BCUT2D eigenvalue weighted by Gasteiger charge is 2.28. The van der Waals surface area contributed by atoms with E-state index in [9.17, 15) is 9.59 Å². The number of thioether (sulfide) groups is 1. The van der Waals surface area contributed by atoms with Crippen molar-refractivity contribution in [3.63, 3.8) is 0 Å². The fourth-order valence-electron chi connectivity index (χ4n) is 3.00. The Kier molecular flexibility index (Phi) is 10.1. The van der Waals surface area contributed by atoms with Gasteiger partial charge in [-0.15, -0.1) is 11.8 Å². The molecule has 0 aliphatic heterocycles. The molecular weight excluding hydrogens is 404 g/mol. The van der Waals surface area contributed by atoms with Crippen molar-refractivity contribution in [2.75, 3.05) is 12.3 Å². The summed E-state index contributed by atoms with van der Waals surface area (Å²) in [5.74, 6) is 0.566. The number of benzene rings is 2. The number of halogens is 1. The van der Waals surface area contributed by atoms with Crippen molar-refractivity contribution in [3.8, 4) is 0 Å². The van der Waals surface area contributed by atoms with Crippen LogP contribution in [0.15, 0.2) is 59.5 Å². The topological polar surface area (TPSA) is 49.4 Å². The minimum atomic E-state index is -0.463. The van der Waals surface area contributed by atoms with Gasteiger partial charge < -0.3 is 10.2 Å². The van der Waals surface area contributed by atoms with Crippen LogP contribution >= 0.6 is 23.4 Å². The minimum Gasteiger partial charge on any atom is -0.354 e. The van der Waals surface area contributed by atoms with Crippen LogP contribution in [-0.4, -0.2) is 35.1 Å². The molecular formula is C23H29ClN2O2S. The maximum absolute atomic E-state index is 13.1. The lowest BCUT2D eigenvalue weighted by molar-refractivity contribution is -0.141. The van der Waals surface area contributed by atoms with E-state index in [1.165, 1.54) is 0 Å². The Labute approximate surface area is 183 Å².